The van der Waals surface area contributed by atoms with Gasteiger partial charge >= 0.3 is 0 Å². The number of hydrogen-bond donors (Lipinski definition) is 1. The third-order valence-electron chi connectivity index (χ3n) is 3.45. The van der Waals surface area contributed by atoms with E-state index in [4.69, 9.17) is 9.26 Å². The van der Waals surface area contributed by atoms with Gasteiger partial charge in [-0.2, -0.15) is 4.98 Å². The Labute approximate surface area is 133 Å². The molecule has 1 saturated heterocycles. The Kier molecular flexibility index (Phi) is 4.63. The van der Waals surface area contributed by atoms with Gasteiger partial charge in [0, 0.05) is 19.3 Å². The van der Waals surface area contributed by atoms with Gasteiger partial charge in [-0.25, -0.2) is 4.98 Å². The van der Waals surface area contributed by atoms with E-state index in [0.29, 0.717) is 24.1 Å². The van der Waals surface area contributed by atoms with Crippen molar-refractivity contribution >= 4 is 11.7 Å². The van der Waals surface area contributed by atoms with Crippen LogP contribution in [0.4, 0.5) is 5.82 Å². The standard InChI is InChI=1S/C15H19N5O3/c1-10-8-20(2)9-11(22-10)15-18-13(19-23-15)7-14(21)17-12-5-3-4-6-16-12/h3-6,10-11H,7-9H2,1-2H3,(H,16,17,21)/t10-,11-/m1/s1. The van der Waals surface area contributed by atoms with Crippen LogP contribution in [-0.2, 0) is 16.0 Å². The van der Waals surface area contributed by atoms with Gasteiger partial charge in [0.1, 0.15) is 11.9 Å². The average molecular weight is 317 g/mol. The molecule has 2 atom stereocenters. The van der Waals surface area contributed by atoms with Crippen molar-refractivity contribution in [3.8, 4) is 0 Å². The molecule has 0 spiro atoms. The SMILES string of the molecule is C[C@@H]1CN(C)C[C@H](c2nc(CC(=O)Nc3ccccn3)no2)O1. The number of hydrogen-bond acceptors (Lipinski definition) is 7. The lowest BCUT2D eigenvalue weighted by atomic mass is 10.2. The Hall–Kier alpha value is -2.32. The molecule has 122 valence electrons. The number of nitrogens with one attached hydrogen (secondary N) is 1. The number of morpholine rings is 1. The Morgan fingerprint density at radius 2 is 2.30 bits per heavy atom. The molecule has 2 aromatic rings. The molecule has 1 aliphatic rings. The molecule has 1 aliphatic heterocycles. The minimum absolute atomic E-state index is 0.0260. The Morgan fingerprint density at radius 1 is 1.43 bits per heavy atom. The number of ether oxygens (including phenoxy) is 1. The van der Waals surface area contributed by atoms with Gasteiger partial charge in [0.15, 0.2) is 5.82 Å². The molecule has 0 aromatic carbocycles. The van der Waals surface area contributed by atoms with Crippen LogP contribution in [0.1, 0.15) is 24.7 Å². The van der Waals surface area contributed by atoms with Gasteiger partial charge in [0.2, 0.25) is 5.91 Å². The van der Waals surface area contributed by atoms with E-state index >= 15 is 0 Å². The quantitative estimate of drug-likeness (QED) is 0.900. The second kappa shape index (κ2) is 6.84. The zero-order chi connectivity index (χ0) is 16.2. The molecule has 0 saturated carbocycles. The first-order chi connectivity index (χ1) is 11.1. The first-order valence-corrected chi connectivity index (χ1v) is 7.47. The maximum atomic E-state index is 12.0. The highest BCUT2D eigenvalue weighted by Crippen LogP contribution is 2.23. The second-order valence-corrected chi connectivity index (χ2v) is 5.65. The number of rotatable bonds is 4. The highest BCUT2D eigenvalue weighted by molar-refractivity contribution is 5.90. The average Bonchev–Trinajstić information content (AvgIpc) is 2.95. The van der Waals surface area contributed by atoms with Crippen LogP contribution < -0.4 is 5.32 Å². The van der Waals surface area contributed by atoms with Gasteiger partial charge in [-0.3, -0.25) is 4.79 Å². The van der Waals surface area contributed by atoms with E-state index in [-0.39, 0.29) is 24.5 Å². The molecule has 1 N–H and O–H groups in total. The molecule has 0 radical (unpaired) electrons. The van der Waals surface area contributed by atoms with Gasteiger partial charge in [0.25, 0.3) is 5.89 Å². The fraction of sp³-hybridized carbons (Fsp3) is 0.467. The lowest BCUT2D eigenvalue weighted by molar-refractivity contribution is -0.115. The number of aromatic nitrogens is 3. The van der Waals surface area contributed by atoms with E-state index in [1.165, 1.54) is 0 Å². The van der Waals surface area contributed by atoms with Crippen LogP contribution in [0.5, 0.6) is 0 Å². The number of anilines is 1. The predicted molar refractivity (Wildman–Crippen MR) is 81.7 cm³/mol. The van der Waals surface area contributed by atoms with Gasteiger partial charge < -0.3 is 19.5 Å². The van der Waals surface area contributed by atoms with Crippen LogP contribution in [0.3, 0.4) is 0 Å². The monoisotopic (exact) mass is 317 g/mol. The second-order valence-electron chi connectivity index (χ2n) is 5.65. The largest absolute Gasteiger partial charge is 0.363 e. The molecule has 0 bridgehead atoms. The summed E-state index contributed by atoms with van der Waals surface area (Å²) in [6.45, 7) is 3.55. The highest BCUT2D eigenvalue weighted by atomic mass is 16.5. The van der Waals surface area contributed by atoms with Crippen LogP contribution in [0.2, 0.25) is 0 Å². The molecule has 1 fully saturated rings. The van der Waals surface area contributed by atoms with E-state index < -0.39 is 0 Å². The zero-order valence-electron chi connectivity index (χ0n) is 13.1. The van der Waals surface area contributed by atoms with Crippen LogP contribution in [-0.4, -0.2) is 52.2 Å². The first-order valence-electron chi connectivity index (χ1n) is 7.47. The zero-order valence-corrected chi connectivity index (χ0v) is 13.1. The van der Waals surface area contributed by atoms with Crippen molar-refractivity contribution in [3.63, 3.8) is 0 Å². The van der Waals surface area contributed by atoms with Crippen molar-refractivity contribution in [1.29, 1.82) is 0 Å². The Balaban J connectivity index is 1.60. The molecule has 8 nitrogen and oxygen atoms in total. The third kappa shape index (κ3) is 4.11. The molecular weight excluding hydrogens is 298 g/mol. The molecule has 0 unspecified atom stereocenters. The highest BCUT2D eigenvalue weighted by Gasteiger charge is 2.28. The molecule has 2 aromatic heterocycles. The molecule has 0 aliphatic carbocycles. The predicted octanol–water partition coefficient (Wildman–Crippen LogP) is 1.04. The molecular formula is C15H19N5O3. The van der Waals surface area contributed by atoms with Crippen molar-refractivity contribution in [2.75, 3.05) is 25.5 Å². The smallest absolute Gasteiger partial charge is 0.257 e. The maximum absolute atomic E-state index is 12.0. The number of pyridine rings is 1. The number of carbonyl (C=O) groups is 1. The number of likely N-dealkylation sites (N-methyl/N-ethyl adjacent to an activating group) is 1. The summed E-state index contributed by atoms with van der Waals surface area (Å²) >= 11 is 0. The van der Waals surface area contributed by atoms with E-state index in [1.54, 1.807) is 24.4 Å². The number of carbonyl (C=O) groups excluding carboxylic acids is 1. The van der Waals surface area contributed by atoms with E-state index in [0.717, 1.165) is 6.54 Å². The van der Waals surface area contributed by atoms with Crippen molar-refractivity contribution in [2.24, 2.45) is 0 Å². The summed E-state index contributed by atoms with van der Waals surface area (Å²) in [4.78, 5) is 22.4. The first kappa shape index (κ1) is 15.6. The van der Waals surface area contributed by atoms with Gasteiger partial charge in [-0.15, -0.1) is 0 Å². The van der Waals surface area contributed by atoms with Crippen LogP contribution in [0, 0.1) is 0 Å². The Morgan fingerprint density at radius 3 is 3.04 bits per heavy atom. The fourth-order valence-corrected chi connectivity index (χ4v) is 2.54. The van der Waals surface area contributed by atoms with Crippen molar-refractivity contribution in [1.82, 2.24) is 20.0 Å². The van der Waals surface area contributed by atoms with E-state index in [1.807, 2.05) is 14.0 Å². The van der Waals surface area contributed by atoms with E-state index in [2.05, 4.69) is 25.3 Å². The summed E-state index contributed by atoms with van der Waals surface area (Å²) in [5, 5.41) is 6.54. The van der Waals surface area contributed by atoms with Crippen LogP contribution in [0.25, 0.3) is 0 Å². The third-order valence-corrected chi connectivity index (χ3v) is 3.45. The summed E-state index contributed by atoms with van der Waals surface area (Å²) < 4.78 is 11.1. The fourth-order valence-electron chi connectivity index (χ4n) is 2.54. The molecule has 8 heteroatoms. The topological polar surface area (TPSA) is 93.4 Å². The van der Waals surface area contributed by atoms with Crippen LogP contribution >= 0.6 is 0 Å². The summed E-state index contributed by atoms with van der Waals surface area (Å²) in [5.74, 6) is 0.986. The lowest BCUT2D eigenvalue weighted by Crippen LogP contribution is -2.40. The molecule has 3 rings (SSSR count). The summed E-state index contributed by atoms with van der Waals surface area (Å²) in [6, 6.07) is 5.29. The molecule has 3 heterocycles. The minimum Gasteiger partial charge on any atom is -0.363 e. The molecule has 23 heavy (non-hydrogen) atoms. The van der Waals surface area contributed by atoms with Crippen LogP contribution in [0.15, 0.2) is 28.9 Å². The van der Waals surface area contributed by atoms with Gasteiger partial charge in [0.05, 0.1) is 12.5 Å². The Bertz CT molecular complexity index is 650. The van der Waals surface area contributed by atoms with Crippen molar-refractivity contribution in [2.45, 2.75) is 25.6 Å². The summed E-state index contributed by atoms with van der Waals surface area (Å²) in [6.07, 6.45) is 1.48. The maximum Gasteiger partial charge on any atom is 0.257 e. The minimum atomic E-state index is -0.260. The summed E-state index contributed by atoms with van der Waals surface area (Å²) in [7, 11) is 2.02. The summed E-state index contributed by atoms with van der Waals surface area (Å²) in [5.41, 5.74) is 0. The molecule has 1 amide bonds. The van der Waals surface area contributed by atoms with Gasteiger partial charge in [-0.05, 0) is 26.1 Å². The lowest BCUT2D eigenvalue weighted by Gasteiger charge is -2.32. The number of nitrogens with zero attached hydrogens (tertiary/aromatic N) is 4. The normalized spacial score (nSPS) is 22.0. The van der Waals surface area contributed by atoms with Crippen molar-refractivity contribution in [3.05, 3.63) is 36.1 Å². The van der Waals surface area contributed by atoms with Crippen molar-refractivity contribution < 1.29 is 14.1 Å². The number of amides is 1. The van der Waals surface area contributed by atoms with Gasteiger partial charge in [-0.1, -0.05) is 11.2 Å². The van der Waals surface area contributed by atoms with E-state index in [9.17, 15) is 4.79 Å².